The van der Waals surface area contributed by atoms with Gasteiger partial charge in [0.1, 0.15) is 4.83 Å². The van der Waals surface area contributed by atoms with Crippen molar-refractivity contribution in [3.05, 3.63) is 138 Å². The number of hydrogen-bond donors (Lipinski definition) is 0. The summed E-state index contributed by atoms with van der Waals surface area (Å²) in [5.41, 5.74) is 6.20. The van der Waals surface area contributed by atoms with Crippen LogP contribution in [-0.2, 0) is 6.42 Å². The second-order valence-corrected chi connectivity index (χ2v) is 14.3. The Morgan fingerprint density at radius 1 is 0.479 bits per heavy atom. The third kappa shape index (κ3) is 4.48. The van der Waals surface area contributed by atoms with Gasteiger partial charge in [0.15, 0.2) is 17.5 Å². The van der Waals surface area contributed by atoms with E-state index < -0.39 is 0 Å². The van der Waals surface area contributed by atoms with E-state index in [2.05, 4.69) is 115 Å². The van der Waals surface area contributed by atoms with Crippen LogP contribution in [0.5, 0.6) is 0 Å². The first-order chi connectivity index (χ1) is 23.8. The van der Waals surface area contributed by atoms with Crippen LogP contribution in [0.2, 0.25) is 0 Å². The van der Waals surface area contributed by atoms with Gasteiger partial charge in [0.2, 0.25) is 0 Å². The Bertz CT molecular complexity index is 2740. The third-order valence-electron chi connectivity index (χ3n) is 9.19. The molecule has 5 aromatic carbocycles. The molecule has 0 unspecified atom stereocenters. The van der Waals surface area contributed by atoms with Crippen molar-refractivity contribution in [3.63, 3.8) is 0 Å². The van der Waals surface area contributed by atoms with Crippen LogP contribution in [-0.4, -0.2) is 19.9 Å². The summed E-state index contributed by atoms with van der Waals surface area (Å²) in [6.45, 7) is 0. The zero-order chi connectivity index (χ0) is 31.6. The molecule has 4 heterocycles. The largest absolute Gasteiger partial charge is 0.236 e. The maximum atomic E-state index is 5.30. The van der Waals surface area contributed by atoms with E-state index in [-0.39, 0.29) is 0 Å². The average molecular weight is 651 g/mol. The van der Waals surface area contributed by atoms with Crippen LogP contribution in [0.1, 0.15) is 16.9 Å². The minimum absolute atomic E-state index is 0.639. The van der Waals surface area contributed by atoms with Gasteiger partial charge in [0, 0.05) is 58.1 Å². The lowest BCUT2D eigenvalue weighted by molar-refractivity contribution is 1.02. The van der Waals surface area contributed by atoms with Crippen molar-refractivity contribution in [1.29, 1.82) is 0 Å². The zero-order valence-electron chi connectivity index (χ0n) is 25.7. The highest BCUT2D eigenvalue weighted by atomic mass is 32.1. The molecule has 4 aromatic heterocycles. The molecule has 6 heteroatoms. The van der Waals surface area contributed by atoms with E-state index in [0.29, 0.717) is 17.5 Å². The molecule has 1 aliphatic rings. The molecule has 48 heavy (non-hydrogen) atoms. The highest BCUT2D eigenvalue weighted by molar-refractivity contribution is 7.25. The molecular weight excluding hydrogens is 625 g/mol. The van der Waals surface area contributed by atoms with Gasteiger partial charge in [-0.05, 0) is 54.1 Å². The molecule has 0 N–H and O–H groups in total. The van der Waals surface area contributed by atoms with E-state index in [0.717, 1.165) is 51.0 Å². The number of aryl methyl sites for hydroxylation is 1. The van der Waals surface area contributed by atoms with Gasteiger partial charge in [0.05, 0.1) is 5.69 Å². The summed E-state index contributed by atoms with van der Waals surface area (Å²) >= 11 is 3.64. The lowest BCUT2D eigenvalue weighted by Gasteiger charge is -2.11. The van der Waals surface area contributed by atoms with Gasteiger partial charge in [-0.25, -0.2) is 19.9 Å². The smallest absolute Gasteiger partial charge is 0.164 e. The lowest BCUT2D eigenvalue weighted by atomic mass is 9.99. The van der Waals surface area contributed by atoms with Crippen molar-refractivity contribution in [2.24, 2.45) is 0 Å². The molecule has 226 valence electrons. The Kier molecular flexibility index (Phi) is 6.32. The number of benzene rings is 5. The molecule has 0 saturated heterocycles. The fourth-order valence-electron chi connectivity index (χ4n) is 6.91. The Morgan fingerprint density at radius 3 is 2.00 bits per heavy atom. The van der Waals surface area contributed by atoms with Gasteiger partial charge in [-0.3, -0.25) is 0 Å². The van der Waals surface area contributed by atoms with E-state index in [1.807, 2.05) is 29.5 Å². The summed E-state index contributed by atoms with van der Waals surface area (Å²) in [5.74, 6) is 1.96. The Balaban J connectivity index is 1.15. The maximum absolute atomic E-state index is 5.30. The number of thiophene rings is 2. The third-order valence-corrected chi connectivity index (χ3v) is 11.5. The van der Waals surface area contributed by atoms with Gasteiger partial charge >= 0.3 is 0 Å². The highest BCUT2D eigenvalue weighted by Crippen LogP contribution is 2.41. The monoisotopic (exact) mass is 650 g/mol. The van der Waals surface area contributed by atoms with Crippen LogP contribution < -0.4 is 0 Å². The molecular formula is C42H26N4S2. The topological polar surface area (TPSA) is 51.6 Å². The average Bonchev–Trinajstić information content (AvgIpc) is 3.73. The first-order valence-electron chi connectivity index (χ1n) is 16.1. The molecule has 4 nitrogen and oxygen atoms in total. The minimum Gasteiger partial charge on any atom is -0.236 e. The van der Waals surface area contributed by atoms with Crippen molar-refractivity contribution < 1.29 is 0 Å². The van der Waals surface area contributed by atoms with Gasteiger partial charge in [-0.2, -0.15) is 0 Å². The molecule has 0 atom stereocenters. The number of pyridine rings is 1. The van der Waals surface area contributed by atoms with Crippen LogP contribution in [0.25, 0.3) is 92.7 Å². The Labute approximate surface area is 284 Å². The number of nitrogens with zero attached hydrogens (tertiary/aromatic N) is 4. The summed E-state index contributed by atoms with van der Waals surface area (Å²) in [6, 6.07) is 42.5. The van der Waals surface area contributed by atoms with Crippen molar-refractivity contribution in [1.82, 2.24) is 19.9 Å². The SMILES string of the molecule is C1=Cc2c(sc3ccc(-c4nc(-c5ccccc5)nc(-c5cccc(-c6nc7sc8ccccc8c7c7ccccc67)c5)n4)cc23)CC1. The number of hydrogen-bond acceptors (Lipinski definition) is 6. The van der Waals surface area contributed by atoms with E-state index in [4.69, 9.17) is 19.9 Å². The number of allylic oxidation sites excluding steroid dienone is 1. The molecule has 10 rings (SSSR count). The molecule has 1 aliphatic carbocycles. The Morgan fingerprint density at radius 2 is 1.15 bits per heavy atom. The predicted molar refractivity (Wildman–Crippen MR) is 202 cm³/mol. The van der Waals surface area contributed by atoms with E-state index in [9.17, 15) is 0 Å². The van der Waals surface area contributed by atoms with Crippen LogP contribution in [0, 0.1) is 0 Å². The molecule has 0 amide bonds. The van der Waals surface area contributed by atoms with Gasteiger partial charge < -0.3 is 0 Å². The van der Waals surface area contributed by atoms with Crippen LogP contribution in [0.3, 0.4) is 0 Å². The van der Waals surface area contributed by atoms with Crippen molar-refractivity contribution in [2.75, 3.05) is 0 Å². The summed E-state index contributed by atoms with van der Waals surface area (Å²) in [4.78, 5) is 23.0. The molecule has 0 aliphatic heterocycles. The number of rotatable bonds is 4. The molecule has 0 saturated carbocycles. The van der Waals surface area contributed by atoms with Crippen LogP contribution >= 0.6 is 22.7 Å². The highest BCUT2D eigenvalue weighted by Gasteiger charge is 2.18. The fourth-order valence-corrected chi connectivity index (χ4v) is 9.19. The predicted octanol–water partition coefficient (Wildman–Crippen LogP) is 11.6. The van der Waals surface area contributed by atoms with E-state index >= 15 is 0 Å². The molecule has 9 aromatic rings. The lowest BCUT2D eigenvalue weighted by Crippen LogP contribution is -2.00. The standard InChI is InChI=1S/C42H26N4S2/c1-2-11-25(12-3-1)39-44-40(46-41(45-39)28-21-22-36-33(24-28)29-15-6-8-19-34(29)47-36)27-14-10-13-26(23-27)38-31-17-5-4-16-30(31)37-32-18-7-9-20-35(32)48-42(37)43-38/h1-7,9-18,20-24H,8,19H2. The summed E-state index contributed by atoms with van der Waals surface area (Å²) in [6.07, 6.45) is 6.76. The molecule has 0 bridgehead atoms. The first kappa shape index (κ1) is 27.5. The van der Waals surface area contributed by atoms with Gasteiger partial charge in [-0.1, -0.05) is 103 Å². The van der Waals surface area contributed by atoms with Gasteiger partial charge in [0.25, 0.3) is 0 Å². The second kappa shape index (κ2) is 11.0. The fraction of sp³-hybridized carbons (Fsp3) is 0.0476. The summed E-state index contributed by atoms with van der Waals surface area (Å²) in [5, 5.41) is 6.09. The molecule has 0 radical (unpaired) electrons. The van der Waals surface area contributed by atoms with Crippen LogP contribution in [0.15, 0.2) is 127 Å². The first-order valence-corrected chi connectivity index (χ1v) is 17.7. The van der Waals surface area contributed by atoms with Gasteiger partial charge in [-0.15, -0.1) is 22.7 Å². The van der Waals surface area contributed by atoms with E-state index in [1.54, 1.807) is 11.3 Å². The van der Waals surface area contributed by atoms with Crippen LogP contribution in [0.4, 0.5) is 0 Å². The van der Waals surface area contributed by atoms with Crippen molar-refractivity contribution >= 4 is 69.9 Å². The quantitative estimate of drug-likeness (QED) is 0.190. The normalized spacial score (nSPS) is 12.8. The molecule has 0 spiro atoms. The zero-order valence-corrected chi connectivity index (χ0v) is 27.4. The summed E-state index contributed by atoms with van der Waals surface area (Å²) in [7, 11) is 0. The van der Waals surface area contributed by atoms with Crippen molar-refractivity contribution in [2.45, 2.75) is 12.8 Å². The second-order valence-electron chi connectivity index (χ2n) is 12.1. The number of aromatic nitrogens is 4. The summed E-state index contributed by atoms with van der Waals surface area (Å²) < 4.78 is 2.55. The number of fused-ring (bicyclic) bond motifs is 8. The Hall–Kier alpha value is -5.56. The molecule has 0 fully saturated rings. The van der Waals surface area contributed by atoms with Crippen molar-refractivity contribution in [3.8, 4) is 45.4 Å². The maximum Gasteiger partial charge on any atom is 0.164 e. The minimum atomic E-state index is 0.639. The van der Waals surface area contributed by atoms with E-state index in [1.165, 1.54) is 41.4 Å².